The monoisotopic (exact) mass is 459 g/mol. The van der Waals surface area contributed by atoms with E-state index in [-0.39, 0.29) is 30.0 Å². The number of aliphatic imine (C=N–C) groups is 1. The quantitative estimate of drug-likeness (QED) is 0.390. The molecular formula is C19H34IN5. The van der Waals surface area contributed by atoms with E-state index in [2.05, 4.69) is 72.5 Å². The van der Waals surface area contributed by atoms with Crippen LogP contribution in [0.25, 0.3) is 0 Å². The van der Waals surface area contributed by atoms with E-state index in [9.17, 15) is 0 Å². The Morgan fingerprint density at radius 2 is 1.76 bits per heavy atom. The van der Waals surface area contributed by atoms with Gasteiger partial charge in [-0.1, -0.05) is 30.3 Å². The molecule has 1 aromatic rings. The number of guanidine groups is 1. The fraction of sp³-hybridized carbons (Fsp3) is 0.632. The van der Waals surface area contributed by atoms with Crippen molar-refractivity contribution in [2.24, 2.45) is 4.99 Å². The van der Waals surface area contributed by atoms with E-state index in [1.165, 1.54) is 5.56 Å². The maximum Gasteiger partial charge on any atom is 0.191 e. The molecule has 6 heteroatoms. The predicted octanol–water partition coefficient (Wildman–Crippen LogP) is 2.56. The summed E-state index contributed by atoms with van der Waals surface area (Å²) in [4.78, 5) is 9.74. The first-order valence-electron chi connectivity index (χ1n) is 9.12. The Morgan fingerprint density at radius 1 is 1.12 bits per heavy atom. The number of rotatable bonds is 6. The normalized spacial score (nSPS) is 19.0. The van der Waals surface area contributed by atoms with E-state index >= 15 is 0 Å². The smallest absolute Gasteiger partial charge is 0.191 e. The van der Waals surface area contributed by atoms with Crippen LogP contribution in [0.1, 0.15) is 32.4 Å². The highest BCUT2D eigenvalue weighted by atomic mass is 127. The number of nitrogens with zero attached hydrogens (tertiary/aromatic N) is 3. The first-order chi connectivity index (χ1) is 11.6. The van der Waals surface area contributed by atoms with Gasteiger partial charge in [0.05, 0.1) is 12.6 Å². The third-order valence-electron chi connectivity index (χ3n) is 4.67. The first kappa shape index (κ1) is 22.2. The number of benzene rings is 1. The number of hydrogen-bond acceptors (Lipinski definition) is 3. The summed E-state index contributed by atoms with van der Waals surface area (Å²) in [5.41, 5.74) is 1.27. The van der Waals surface area contributed by atoms with Crippen molar-refractivity contribution in [1.82, 2.24) is 20.4 Å². The third-order valence-corrected chi connectivity index (χ3v) is 4.67. The minimum absolute atomic E-state index is 0. The average molecular weight is 459 g/mol. The molecule has 2 rings (SSSR count). The number of piperazine rings is 1. The van der Waals surface area contributed by atoms with Gasteiger partial charge < -0.3 is 15.5 Å². The summed E-state index contributed by atoms with van der Waals surface area (Å²) in [5.74, 6) is 0.898. The predicted molar refractivity (Wildman–Crippen MR) is 118 cm³/mol. The average Bonchev–Trinajstić information content (AvgIpc) is 2.61. The molecule has 0 spiro atoms. The van der Waals surface area contributed by atoms with Gasteiger partial charge >= 0.3 is 0 Å². The Balaban J connectivity index is 0.00000312. The molecule has 142 valence electrons. The van der Waals surface area contributed by atoms with E-state index < -0.39 is 0 Å². The van der Waals surface area contributed by atoms with Crippen molar-refractivity contribution in [3.8, 4) is 0 Å². The lowest BCUT2D eigenvalue weighted by Crippen LogP contribution is -2.49. The molecule has 2 unspecified atom stereocenters. The van der Waals surface area contributed by atoms with E-state index in [1.54, 1.807) is 0 Å². The molecule has 0 amide bonds. The van der Waals surface area contributed by atoms with E-state index in [0.717, 1.165) is 45.2 Å². The lowest BCUT2D eigenvalue weighted by Gasteiger charge is -2.36. The van der Waals surface area contributed by atoms with Crippen LogP contribution < -0.4 is 10.6 Å². The summed E-state index contributed by atoms with van der Waals surface area (Å²) in [6, 6.07) is 11.2. The molecule has 5 nitrogen and oxygen atoms in total. The van der Waals surface area contributed by atoms with E-state index in [4.69, 9.17) is 4.99 Å². The fourth-order valence-corrected chi connectivity index (χ4v) is 2.95. The molecule has 1 aliphatic heterocycles. The van der Waals surface area contributed by atoms with Gasteiger partial charge in [0.1, 0.15) is 0 Å². The largest absolute Gasteiger partial charge is 0.357 e. The molecule has 0 aliphatic carbocycles. The number of likely N-dealkylation sites (N-methyl/N-ethyl adjacent to an activating group) is 1. The van der Waals surface area contributed by atoms with Gasteiger partial charge in [0, 0.05) is 38.8 Å². The van der Waals surface area contributed by atoms with E-state index in [0.29, 0.717) is 6.04 Å². The summed E-state index contributed by atoms with van der Waals surface area (Å²) < 4.78 is 0. The van der Waals surface area contributed by atoms with Crippen LogP contribution in [0.3, 0.4) is 0 Å². The van der Waals surface area contributed by atoms with E-state index in [1.807, 2.05) is 6.07 Å². The summed E-state index contributed by atoms with van der Waals surface area (Å²) in [6.07, 6.45) is 0. The molecule has 1 heterocycles. The summed E-state index contributed by atoms with van der Waals surface area (Å²) in [7, 11) is 2.19. The Labute approximate surface area is 170 Å². The van der Waals surface area contributed by atoms with Gasteiger partial charge in [-0.05, 0) is 33.4 Å². The fourth-order valence-electron chi connectivity index (χ4n) is 2.95. The van der Waals surface area contributed by atoms with Gasteiger partial charge in [-0.15, -0.1) is 24.0 Å². The molecule has 0 bridgehead atoms. The Kier molecular flexibility index (Phi) is 10.4. The second kappa shape index (κ2) is 11.7. The second-order valence-electron chi connectivity index (χ2n) is 6.68. The van der Waals surface area contributed by atoms with Crippen molar-refractivity contribution in [3.63, 3.8) is 0 Å². The van der Waals surface area contributed by atoms with Crippen molar-refractivity contribution < 1.29 is 0 Å². The zero-order chi connectivity index (χ0) is 17.4. The molecule has 0 saturated carbocycles. The van der Waals surface area contributed by atoms with Gasteiger partial charge in [0.15, 0.2) is 5.96 Å². The van der Waals surface area contributed by atoms with Gasteiger partial charge in [-0.2, -0.15) is 0 Å². The minimum Gasteiger partial charge on any atom is -0.357 e. The zero-order valence-electron chi connectivity index (χ0n) is 16.0. The maximum absolute atomic E-state index is 4.81. The lowest BCUT2D eigenvalue weighted by atomic mass is 10.1. The van der Waals surface area contributed by atoms with Gasteiger partial charge in [0.25, 0.3) is 0 Å². The molecule has 1 aromatic carbocycles. The topological polar surface area (TPSA) is 42.9 Å². The summed E-state index contributed by atoms with van der Waals surface area (Å²) in [6.45, 7) is 12.8. The maximum atomic E-state index is 4.81. The third kappa shape index (κ3) is 7.50. The Morgan fingerprint density at radius 3 is 2.36 bits per heavy atom. The highest BCUT2D eigenvalue weighted by Crippen LogP contribution is 2.11. The van der Waals surface area contributed by atoms with Gasteiger partial charge in [0.2, 0.25) is 0 Å². The van der Waals surface area contributed by atoms with Gasteiger partial charge in [-0.3, -0.25) is 9.89 Å². The molecular weight excluding hydrogens is 425 g/mol. The number of hydrogen-bond donors (Lipinski definition) is 2. The van der Waals surface area contributed by atoms with Crippen LogP contribution in [-0.2, 0) is 0 Å². The summed E-state index contributed by atoms with van der Waals surface area (Å²) in [5, 5.41) is 6.87. The molecule has 2 atom stereocenters. The number of nitrogens with one attached hydrogen (secondary N) is 2. The van der Waals surface area contributed by atoms with Crippen LogP contribution in [0, 0.1) is 0 Å². The minimum atomic E-state index is 0. The zero-order valence-corrected chi connectivity index (χ0v) is 18.4. The van der Waals surface area contributed by atoms with Crippen molar-refractivity contribution in [1.29, 1.82) is 0 Å². The highest BCUT2D eigenvalue weighted by Gasteiger charge is 2.19. The molecule has 0 aromatic heterocycles. The standard InChI is InChI=1S/C19H33N5.HI/c1-5-20-19(22-17(3)18-9-7-6-8-10-18)21-15-16(2)24-13-11-23(4)12-14-24;/h6-10,16-17H,5,11-15H2,1-4H3,(H2,20,21,22);1H. The molecule has 1 saturated heterocycles. The van der Waals surface area contributed by atoms with Crippen molar-refractivity contribution in [3.05, 3.63) is 35.9 Å². The first-order valence-corrected chi connectivity index (χ1v) is 9.12. The molecule has 0 radical (unpaired) electrons. The van der Waals surface area contributed by atoms with Crippen LogP contribution >= 0.6 is 24.0 Å². The van der Waals surface area contributed by atoms with Crippen molar-refractivity contribution in [2.45, 2.75) is 32.9 Å². The van der Waals surface area contributed by atoms with Crippen LogP contribution in [0.2, 0.25) is 0 Å². The highest BCUT2D eigenvalue weighted by molar-refractivity contribution is 14.0. The van der Waals surface area contributed by atoms with Crippen LogP contribution in [0.4, 0.5) is 0 Å². The molecule has 25 heavy (non-hydrogen) atoms. The van der Waals surface area contributed by atoms with Crippen LogP contribution in [0.5, 0.6) is 0 Å². The SMILES string of the molecule is CCNC(=NCC(C)N1CCN(C)CC1)NC(C)c1ccccc1.I. The van der Waals surface area contributed by atoms with Crippen LogP contribution in [0.15, 0.2) is 35.3 Å². The van der Waals surface area contributed by atoms with Crippen molar-refractivity contribution >= 4 is 29.9 Å². The lowest BCUT2D eigenvalue weighted by molar-refractivity contribution is 0.122. The van der Waals surface area contributed by atoms with Crippen LogP contribution in [-0.4, -0.2) is 68.1 Å². The Bertz CT molecular complexity index is 500. The second-order valence-corrected chi connectivity index (χ2v) is 6.68. The molecule has 1 aliphatic rings. The molecule has 2 N–H and O–H groups in total. The molecule has 1 fully saturated rings. The van der Waals surface area contributed by atoms with Crippen molar-refractivity contribution in [2.75, 3.05) is 46.3 Å². The Hall–Kier alpha value is -0.860. The summed E-state index contributed by atoms with van der Waals surface area (Å²) >= 11 is 0. The number of halogens is 1. The van der Waals surface area contributed by atoms with Gasteiger partial charge in [-0.25, -0.2) is 0 Å².